The van der Waals surface area contributed by atoms with Gasteiger partial charge in [-0.15, -0.1) is 0 Å². The molecule has 0 radical (unpaired) electrons. The van der Waals surface area contributed by atoms with E-state index in [1.54, 1.807) is 97.2 Å². The molecule has 0 spiro atoms. The second-order valence-electron chi connectivity index (χ2n) is 8.99. The first-order valence-electron chi connectivity index (χ1n) is 13.5. The molecule has 0 fully saturated rings. The number of para-hydroxylation sites is 2. The summed E-state index contributed by atoms with van der Waals surface area (Å²) in [5.74, 6) is 1.00. The maximum atomic E-state index is 13.2. The van der Waals surface area contributed by atoms with E-state index in [0.717, 1.165) is 10.3 Å². The summed E-state index contributed by atoms with van der Waals surface area (Å²) >= 11 is 0. The van der Waals surface area contributed by atoms with Crippen molar-refractivity contribution in [2.24, 2.45) is 0 Å². The van der Waals surface area contributed by atoms with Crippen molar-refractivity contribution in [3.05, 3.63) is 109 Å². The number of ether oxygens (including phenoxy) is 4. The highest BCUT2D eigenvalue weighted by molar-refractivity contribution is 6.10. The number of imide groups is 1. The average Bonchev–Trinajstić information content (AvgIpc) is 3.44. The lowest BCUT2D eigenvalue weighted by Crippen LogP contribution is -2.41. The zero-order valence-electron chi connectivity index (χ0n) is 23.2. The number of amides is 3. The van der Waals surface area contributed by atoms with E-state index in [1.165, 1.54) is 16.8 Å². The number of nitrogens with zero attached hydrogens (tertiary/aromatic N) is 3. The molecule has 5 aromatic rings. The number of fused-ring (bicyclic) bond motifs is 1. The van der Waals surface area contributed by atoms with Crippen LogP contribution in [0.25, 0.3) is 10.9 Å². The molecular weight excluding hydrogens is 552 g/mol. The van der Waals surface area contributed by atoms with Gasteiger partial charge in [-0.1, -0.05) is 36.4 Å². The first-order chi connectivity index (χ1) is 21.0. The van der Waals surface area contributed by atoms with Gasteiger partial charge >= 0.3 is 18.2 Å². The number of nitrogens with one attached hydrogen (secondary N) is 1. The normalized spacial score (nSPS) is 10.6. The van der Waals surface area contributed by atoms with E-state index in [2.05, 4.69) is 10.3 Å². The lowest BCUT2D eigenvalue weighted by Gasteiger charge is -2.19. The third-order valence-electron chi connectivity index (χ3n) is 6.07. The Labute approximate surface area is 247 Å². The van der Waals surface area contributed by atoms with Gasteiger partial charge in [0.25, 0.3) is 0 Å². The molecular formula is C32H28N4O7. The van der Waals surface area contributed by atoms with Crippen molar-refractivity contribution >= 4 is 34.8 Å². The van der Waals surface area contributed by atoms with Crippen molar-refractivity contribution in [3.8, 4) is 23.1 Å². The maximum absolute atomic E-state index is 13.2. The van der Waals surface area contributed by atoms with Gasteiger partial charge in [0.05, 0.1) is 17.8 Å². The number of rotatable bonds is 9. The quantitative estimate of drug-likeness (QED) is 0.193. The van der Waals surface area contributed by atoms with Gasteiger partial charge in [0.2, 0.25) is 5.88 Å². The van der Waals surface area contributed by atoms with Crippen molar-refractivity contribution < 1.29 is 33.3 Å². The molecule has 3 amide bonds. The molecule has 218 valence electrons. The number of anilines is 1. The summed E-state index contributed by atoms with van der Waals surface area (Å²) in [6.07, 6.45) is 1.13. The Hall–Kier alpha value is -5.68. The number of pyridine rings is 1. The number of benzene rings is 3. The fourth-order valence-electron chi connectivity index (χ4n) is 4.10. The Morgan fingerprint density at radius 1 is 0.814 bits per heavy atom. The van der Waals surface area contributed by atoms with Crippen LogP contribution in [0.3, 0.4) is 0 Å². The van der Waals surface area contributed by atoms with E-state index in [0.29, 0.717) is 36.8 Å². The lowest BCUT2D eigenvalue weighted by molar-refractivity contribution is 0.149. The van der Waals surface area contributed by atoms with Gasteiger partial charge in [0.15, 0.2) is 0 Å². The Kier molecular flexibility index (Phi) is 9.25. The second-order valence-corrected chi connectivity index (χ2v) is 8.99. The number of carbonyl (C=O) groups is 3. The van der Waals surface area contributed by atoms with E-state index >= 15 is 0 Å². The van der Waals surface area contributed by atoms with Crippen molar-refractivity contribution in [2.45, 2.75) is 6.92 Å². The standard InChI is InChI=1S/C32H28N4O7/c1-2-40-20-18-34-30(37)35-19-16-23-21-26(13-14-28(23)35)41-27-15-17-33-29(22-27)43-32(39)36(24-9-5-3-6-10-24)31(38)42-25-11-7-4-8-12-25/h3-17,19,21-22H,2,18,20H2,1H3,(H,34,37). The summed E-state index contributed by atoms with van der Waals surface area (Å²) in [5.41, 5.74) is 0.957. The predicted octanol–water partition coefficient (Wildman–Crippen LogP) is 6.63. The fourth-order valence-corrected chi connectivity index (χ4v) is 4.10. The van der Waals surface area contributed by atoms with Crippen molar-refractivity contribution in [1.82, 2.24) is 14.9 Å². The largest absolute Gasteiger partial charge is 0.457 e. The first-order valence-corrected chi connectivity index (χ1v) is 13.5. The molecule has 0 aliphatic carbocycles. The smallest absolute Gasteiger partial charge is 0.430 e. The van der Waals surface area contributed by atoms with Crippen LogP contribution in [-0.2, 0) is 4.74 Å². The van der Waals surface area contributed by atoms with Crippen LogP contribution in [0.5, 0.6) is 23.1 Å². The predicted molar refractivity (Wildman–Crippen MR) is 159 cm³/mol. The van der Waals surface area contributed by atoms with Gasteiger partial charge < -0.3 is 24.3 Å². The van der Waals surface area contributed by atoms with Gasteiger partial charge in [-0.05, 0) is 61.5 Å². The topological polar surface area (TPSA) is 121 Å². The zero-order chi connectivity index (χ0) is 30.0. The van der Waals surface area contributed by atoms with Gasteiger partial charge in [0, 0.05) is 37.0 Å². The summed E-state index contributed by atoms with van der Waals surface area (Å²) in [4.78, 5) is 43.6. The summed E-state index contributed by atoms with van der Waals surface area (Å²) in [7, 11) is 0. The summed E-state index contributed by atoms with van der Waals surface area (Å²) in [5, 5.41) is 3.60. The van der Waals surface area contributed by atoms with Crippen LogP contribution in [-0.4, -0.2) is 47.5 Å². The Balaban J connectivity index is 1.28. The highest BCUT2D eigenvalue weighted by Crippen LogP contribution is 2.28. The Bertz CT molecular complexity index is 1710. The number of hydrogen-bond donors (Lipinski definition) is 1. The van der Waals surface area contributed by atoms with Gasteiger partial charge in [-0.2, -0.15) is 4.90 Å². The minimum atomic E-state index is -1.01. The Morgan fingerprint density at radius 3 is 2.30 bits per heavy atom. The van der Waals surface area contributed by atoms with Crippen molar-refractivity contribution in [1.29, 1.82) is 0 Å². The molecule has 0 saturated heterocycles. The van der Waals surface area contributed by atoms with Gasteiger partial charge in [-0.3, -0.25) is 4.57 Å². The molecule has 2 aromatic heterocycles. The summed E-state index contributed by atoms with van der Waals surface area (Å²) in [6, 6.07) is 26.5. The third-order valence-corrected chi connectivity index (χ3v) is 6.07. The van der Waals surface area contributed by atoms with Crippen LogP contribution in [0.2, 0.25) is 0 Å². The third kappa shape index (κ3) is 7.34. The lowest BCUT2D eigenvalue weighted by atomic mass is 10.2. The maximum Gasteiger partial charge on any atom is 0.430 e. The molecule has 0 aliphatic rings. The van der Waals surface area contributed by atoms with E-state index in [9.17, 15) is 14.4 Å². The average molecular weight is 581 g/mol. The van der Waals surface area contributed by atoms with Crippen LogP contribution >= 0.6 is 0 Å². The molecule has 0 bridgehead atoms. The number of aromatic nitrogens is 2. The molecule has 43 heavy (non-hydrogen) atoms. The summed E-state index contributed by atoms with van der Waals surface area (Å²) < 4.78 is 23.6. The summed E-state index contributed by atoms with van der Waals surface area (Å²) in [6.45, 7) is 3.32. The SMILES string of the molecule is CCOCCNC(=O)n1ccc2cc(Oc3ccnc(OC(=O)N(C(=O)Oc4ccccc4)c4ccccc4)c3)ccc21. The van der Waals surface area contributed by atoms with E-state index in [-0.39, 0.29) is 23.3 Å². The zero-order valence-corrected chi connectivity index (χ0v) is 23.2. The molecule has 11 nitrogen and oxygen atoms in total. The van der Waals surface area contributed by atoms with E-state index < -0.39 is 12.2 Å². The number of hydrogen-bond acceptors (Lipinski definition) is 8. The molecule has 11 heteroatoms. The minimum absolute atomic E-state index is 0.0908. The van der Waals surface area contributed by atoms with Crippen molar-refractivity contribution in [3.63, 3.8) is 0 Å². The highest BCUT2D eigenvalue weighted by atomic mass is 16.6. The molecule has 1 N–H and O–H groups in total. The minimum Gasteiger partial charge on any atom is -0.457 e. The van der Waals surface area contributed by atoms with Crippen LogP contribution < -0.4 is 24.4 Å². The second kappa shape index (κ2) is 13.8. The monoisotopic (exact) mass is 580 g/mol. The van der Waals surface area contributed by atoms with E-state index in [1.807, 2.05) is 6.92 Å². The van der Waals surface area contributed by atoms with Crippen molar-refractivity contribution in [2.75, 3.05) is 24.7 Å². The van der Waals surface area contributed by atoms with Crippen LogP contribution in [0.15, 0.2) is 109 Å². The van der Waals surface area contributed by atoms with Crippen LogP contribution in [0, 0.1) is 0 Å². The molecule has 5 rings (SSSR count). The fraction of sp³-hybridized carbons (Fsp3) is 0.125. The van der Waals surface area contributed by atoms with Gasteiger partial charge in [0.1, 0.15) is 17.2 Å². The highest BCUT2D eigenvalue weighted by Gasteiger charge is 2.28. The van der Waals surface area contributed by atoms with E-state index in [4.69, 9.17) is 18.9 Å². The number of carbonyl (C=O) groups excluding carboxylic acids is 3. The van der Waals surface area contributed by atoms with Crippen LogP contribution in [0.1, 0.15) is 6.92 Å². The molecule has 0 atom stereocenters. The molecule has 0 aliphatic heterocycles. The molecule has 2 heterocycles. The molecule has 3 aromatic carbocycles. The first kappa shape index (κ1) is 28.8. The Morgan fingerprint density at radius 2 is 1.53 bits per heavy atom. The molecule has 0 saturated carbocycles. The van der Waals surface area contributed by atoms with Gasteiger partial charge in [-0.25, -0.2) is 19.4 Å². The molecule has 0 unspecified atom stereocenters. The van der Waals surface area contributed by atoms with Crippen LogP contribution in [0.4, 0.5) is 20.1 Å².